The van der Waals surface area contributed by atoms with Gasteiger partial charge in [0.25, 0.3) is 0 Å². The van der Waals surface area contributed by atoms with Crippen LogP contribution in [0.1, 0.15) is 59.9 Å². The molecule has 0 radical (unpaired) electrons. The first-order chi connectivity index (χ1) is 33.9. The van der Waals surface area contributed by atoms with E-state index in [4.69, 9.17) is 43.9 Å². The summed E-state index contributed by atoms with van der Waals surface area (Å²) in [5.41, 5.74) is 42.5. The number of carbonyl (C=O) groups is 3. The summed E-state index contributed by atoms with van der Waals surface area (Å²) in [6.07, 6.45) is 7.40. The number of nitrogen functional groups attached to an aromatic ring is 6. The second-order valence-corrected chi connectivity index (χ2v) is 16.3. The minimum atomic E-state index is -0.494. The average molecular weight is 928 g/mol. The standard InChI is InChI=1S/C23H20N2O.C21H18N2O2.C14H15N3O2/c24-18-12-17(13-19(25)14-18)23(26)10-9-22-20-7-3-1-5-15(20)11-16-6-2-4-8-21(16)22;22-18-12-17(13-19(23)14-18)21(24)25-20-10-8-16(9-11-20)7-6-15-4-2-1-3-5-15;15-11-7-10(8-12(16)9-11)14(18)19-6-4-13-3-1-2-5-17-13/h1-8,11-14H,9-10,24-25H2;1-14H,22-23H2;1-3,5,7-9H,4,6,15-16H2/b;7-6-;. The molecular formula is C58H53N7O5. The third-order valence-corrected chi connectivity index (χ3v) is 10.9. The number of hydrogen-bond acceptors (Lipinski definition) is 12. The molecule has 350 valence electrons. The van der Waals surface area contributed by atoms with Gasteiger partial charge in [-0.1, -0.05) is 109 Å². The number of aromatic nitrogens is 1. The highest BCUT2D eigenvalue weighted by atomic mass is 16.5. The number of rotatable bonds is 12. The van der Waals surface area contributed by atoms with Crippen LogP contribution >= 0.6 is 0 Å². The number of nitrogens with zero attached hydrogens (tertiary/aromatic N) is 1. The Morgan fingerprint density at radius 2 is 0.929 bits per heavy atom. The van der Waals surface area contributed by atoms with Gasteiger partial charge in [0.1, 0.15) is 5.75 Å². The maximum absolute atomic E-state index is 12.7. The average Bonchev–Trinajstić information content (AvgIpc) is 3.35. The van der Waals surface area contributed by atoms with Crippen LogP contribution in [-0.4, -0.2) is 29.3 Å². The van der Waals surface area contributed by atoms with Gasteiger partial charge in [0.2, 0.25) is 0 Å². The Morgan fingerprint density at radius 3 is 1.46 bits per heavy atom. The molecule has 8 aromatic carbocycles. The van der Waals surface area contributed by atoms with Gasteiger partial charge in [-0.05, 0) is 130 Å². The Kier molecular flexibility index (Phi) is 16.2. The fraction of sp³-hybridized carbons (Fsp3) is 0.0690. The number of Topliss-reactive ketones (excluding diaryl/α,β-unsaturated/α-hetero) is 1. The van der Waals surface area contributed by atoms with Crippen LogP contribution in [0.4, 0.5) is 34.1 Å². The van der Waals surface area contributed by atoms with E-state index < -0.39 is 11.9 Å². The smallest absolute Gasteiger partial charge is 0.343 e. The summed E-state index contributed by atoms with van der Waals surface area (Å²) in [6, 6.07) is 56.1. The molecule has 9 aromatic rings. The number of anilines is 6. The van der Waals surface area contributed by atoms with Crippen LogP contribution in [0.5, 0.6) is 5.75 Å². The maximum Gasteiger partial charge on any atom is 0.343 e. The highest BCUT2D eigenvalue weighted by Crippen LogP contribution is 2.30. The number of ketones is 1. The van der Waals surface area contributed by atoms with Gasteiger partial charge >= 0.3 is 11.9 Å². The lowest BCUT2D eigenvalue weighted by Gasteiger charge is -2.12. The van der Waals surface area contributed by atoms with Gasteiger partial charge in [0.05, 0.1) is 17.7 Å². The van der Waals surface area contributed by atoms with Crippen molar-refractivity contribution in [3.8, 4) is 5.75 Å². The highest BCUT2D eigenvalue weighted by molar-refractivity contribution is 6.03. The van der Waals surface area contributed by atoms with Crippen molar-refractivity contribution in [2.24, 2.45) is 0 Å². The molecule has 0 amide bonds. The monoisotopic (exact) mass is 927 g/mol. The number of hydrogen-bond donors (Lipinski definition) is 6. The van der Waals surface area contributed by atoms with E-state index in [2.05, 4.69) is 35.3 Å². The lowest BCUT2D eigenvalue weighted by Crippen LogP contribution is -2.09. The van der Waals surface area contributed by atoms with E-state index in [1.807, 2.05) is 97.1 Å². The summed E-state index contributed by atoms with van der Waals surface area (Å²) in [5.74, 6) is -0.412. The van der Waals surface area contributed by atoms with E-state index in [1.54, 1.807) is 60.8 Å². The molecule has 9 rings (SSSR count). The third kappa shape index (κ3) is 13.8. The van der Waals surface area contributed by atoms with Gasteiger partial charge < -0.3 is 43.9 Å². The topological polar surface area (TPSA) is 239 Å². The largest absolute Gasteiger partial charge is 0.462 e. The zero-order valence-electron chi connectivity index (χ0n) is 38.3. The zero-order chi connectivity index (χ0) is 49.4. The van der Waals surface area contributed by atoms with Crippen LogP contribution in [0, 0.1) is 0 Å². The molecular weight excluding hydrogens is 875 g/mol. The number of carbonyl (C=O) groups excluding carboxylic acids is 3. The first kappa shape index (κ1) is 48.5. The van der Waals surface area contributed by atoms with Crippen LogP contribution in [0.2, 0.25) is 0 Å². The van der Waals surface area contributed by atoms with Gasteiger partial charge in [-0.3, -0.25) is 9.78 Å². The van der Waals surface area contributed by atoms with E-state index >= 15 is 0 Å². The van der Waals surface area contributed by atoms with Crippen LogP contribution in [-0.2, 0) is 17.6 Å². The second kappa shape index (κ2) is 23.3. The third-order valence-electron chi connectivity index (χ3n) is 10.9. The van der Waals surface area contributed by atoms with Crippen molar-refractivity contribution in [1.82, 2.24) is 4.98 Å². The van der Waals surface area contributed by atoms with Gasteiger partial charge in [-0.25, -0.2) is 9.59 Å². The molecule has 0 atom stereocenters. The summed E-state index contributed by atoms with van der Waals surface area (Å²) in [6.45, 7) is 0.268. The molecule has 0 aliphatic heterocycles. The number of pyridine rings is 1. The van der Waals surface area contributed by atoms with Crippen molar-refractivity contribution in [3.05, 3.63) is 227 Å². The number of esters is 2. The Bertz CT molecular complexity index is 3170. The molecule has 0 aliphatic carbocycles. The Morgan fingerprint density at radius 1 is 0.457 bits per heavy atom. The fourth-order valence-corrected chi connectivity index (χ4v) is 7.63. The van der Waals surface area contributed by atoms with Crippen molar-refractivity contribution in [2.75, 3.05) is 41.0 Å². The molecule has 0 bridgehead atoms. The molecule has 1 heterocycles. The van der Waals surface area contributed by atoms with Crippen LogP contribution in [0.15, 0.2) is 188 Å². The van der Waals surface area contributed by atoms with Gasteiger partial charge in [-0.2, -0.15) is 0 Å². The molecule has 12 N–H and O–H groups in total. The van der Waals surface area contributed by atoms with Crippen molar-refractivity contribution in [3.63, 3.8) is 0 Å². The van der Waals surface area contributed by atoms with Crippen molar-refractivity contribution in [2.45, 2.75) is 19.3 Å². The summed E-state index contributed by atoms with van der Waals surface area (Å²) >= 11 is 0. The van der Waals surface area contributed by atoms with Gasteiger partial charge in [0, 0.05) is 64.4 Å². The molecule has 12 heteroatoms. The summed E-state index contributed by atoms with van der Waals surface area (Å²) in [7, 11) is 0. The molecule has 0 saturated heterocycles. The maximum atomic E-state index is 12.7. The molecule has 0 fully saturated rings. The number of benzene rings is 8. The SMILES string of the molecule is Nc1cc(N)cc(C(=O)CCc2c3ccccc3cc3ccccc23)c1.Nc1cc(N)cc(C(=O)OCCc2ccccn2)c1.Nc1cc(N)cc(C(=O)Oc2ccc(/C=C\c3ccccc3)cc2)c1. The van der Waals surface area contributed by atoms with Gasteiger partial charge in [0.15, 0.2) is 5.78 Å². The summed E-state index contributed by atoms with van der Waals surface area (Å²) in [5, 5.41) is 4.79. The molecule has 0 unspecified atom stereocenters. The van der Waals surface area contributed by atoms with E-state index in [1.165, 1.54) is 39.2 Å². The summed E-state index contributed by atoms with van der Waals surface area (Å²) < 4.78 is 10.5. The Labute approximate surface area is 406 Å². The Balaban J connectivity index is 0.000000157. The second-order valence-electron chi connectivity index (χ2n) is 16.3. The molecule has 70 heavy (non-hydrogen) atoms. The van der Waals surface area contributed by atoms with Crippen LogP contribution in [0.25, 0.3) is 33.7 Å². The van der Waals surface area contributed by atoms with Crippen molar-refractivity contribution >= 4 is 85.5 Å². The van der Waals surface area contributed by atoms with E-state index in [-0.39, 0.29) is 12.4 Å². The fourth-order valence-electron chi connectivity index (χ4n) is 7.63. The normalized spacial score (nSPS) is 10.7. The van der Waals surface area contributed by atoms with Crippen LogP contribution < -0.4 is 39.1 Å². The Hall–Kier alpha value is -9.42. The highest BCUT2D eigenvalue weighted by Gasteiger charge is 2.14. The van der Waals surface area contributed by atoms with E-state index in [9.17, 15) is 14.4 Å². The molecule has 0 saturated carbocycles. The molecule has 1 aromatic heterocycles. The minimum Gasteiger partial charge on any atom is -0.462 e. The van der Waals surface area contributed by atoms with E-state index in [0.29, 0.717) is 75.8 Å². The van der Waals surface area contributed by atoms with Crippen molar-refractivity contribution in [1.29, 1.82) is 0 Å². The molecule has 0 spiro atoms. The van der Waals surface area contributed by atoms with Crippen molar-refractivity contribution < 1.29 is 23.9 Å². The zero-order valence-corrected chi connectivity index (χ0v) is 38.3. The van der Waals surface area contributed by atoms with E-state index in [0.717, 1.165) is 16.8 Å². The first-order valence-electron chi connectivity index (χ1n) is 22.4. The minimum absolute atomic E-state index is 0.0565. The lowest BCUT2D eigenvalue weighted by molar-refractivity contribution is 0.0508. The number of ether oxygens (including phenoxy) is 2. The molecule has 0 aliphatic rings. The quantitative estimate of drug-likeness (QED) is 0.0167. The predicted molar refractivity (Wildman–Crippen MR) is 285 cm³/mol. The predicted octanol–water partition coefficient (Wildman–Crippen LogP) is 10.9. The van der Waals surface area contributed by atoms with Gasteiger partial charge in [-0.15, -0.1) is 0 Å². The number of aryl methyl sites for hydroxylation is 1. The first-order valence-corrected chi connectivity index (χ1v) is 22.4. The molecule has 12 nitrogen and oxygen atoms in total. The number of nitrogens with two attached hydrogens (primary N) is 6. The number of fused-ring (bicyclic) bond motifs is 2. The lowest BCUT2D eigenvalue weighted by atomic mass is 9.92. The summed E-state index contributed by atoms with van der Waals surface area (Å²) in [4.78, 5) is 40.8. The van der Waals surface area contributed by atoms with Crippen LogP contribution in [0.3, 0.4) is 0 Å².